The lowest BCUT2D eigenvalue weighted by Gasteiger charge is -2.47. The number of phenols is 2. The molecule has 0 saturated carbocycles. The number of amides is 1. The molecule has 1 aliphatic heterocycles. The quantitative estimate of drug-likeness (QED) is 0.116. The lowest BCUT2D eigenvalue weighted by molar-refractivity contribution is -0.215. The Morgan fingerprint density at radius 2 is 1.83 bits per heavy atom. The summed E-state index contributed by atoms with van der Waals surface area (Å²) in [5.41, 5.74) is 0.327. The molecule has 42 heavy (non-hydrogen) atoms. The standard InChI is InChI=1S/C30H47NO11/c1-15(2)11-21(40-6)26(36)27(37)31-28(41-7)22-14-23(35)30(4,5)24(42-22)12-17(32)9-8-10-18-16(3)19(33)13-20(34)25(18)29(38)39/h13,17,21-24,26,28,32-36H,1,8-12,14H2,2-7H3,(H,31,37)(H,38,39)/t17-,21-,22+,23-,24-,26+,28?/m1/s1. The van der Waals surface area contributed by atoms with Crippen molar-refractivity contribution in [3.8, 4) is 11.5 Å². The average molecular weight is 598 g/mol. The summed E-state index contributed by atoms with van der Waals surface area (Å²) in [7, 11) is 2.75. The summed E-state index contributed by atoms with van der Waals surface area (Å²) < 4.78 is 17.0. The lowest BCUT2D eigenvalue weighted by atomic mass is 9.74. The first-order valence-corrected chi connectivity index (χ1v) is 14.0. The van der Waals surface area contributed by atoms with Crippen molar-refractivity contribution in [1.29, 1.82) is 0 Å². The van der Waals surface area contributed by atoms with Gasteiger partial charge in [0.2, 0.25) is 0 Å². The highest BCUT2D eigenvalue weighted by Crippen LogP contribution is 2.40. The Morgan fingerprint density at radius 1 is 1.19 bits per heavy atom. The van der Waals surface area contributed by atoms with Crippen molar-refractivity contribution in [3.63, 3.8) is 0 Å². The maximum atomic E-state index is 12.8. The second kappa shape index (κ2) is 15.1. The van der Waals surface area contributed by atoms with Crippen LogP contribution in [0, 0.1) is 12.3 Å². The molecule has 0 bridgehead atoms. The Morgan fingerprint density at radius 3 is 2.38 bits per heavy atom. The third-order valence-corrected chi connectivity index (χ3v) is 8.16. The van der Waals surface area contributed by atoms with E-state index in [1.165, 1.54) is 14.2 Å². The average Bonchev–Trinajstić information content (AvgIpc) is 2.90. The van der Waals surface area contributed by atoms with Gasteiger partial charge in [0, 0.05) is 38.5 Å². The van der Waals surface area contributed by atoms with Crippen LogP contribution in [-0.2, 0) is 25.4 Å². The van der Waals surface area contributed by atoms with Crippen LogP contribution in [0.1, 0.15) is 74.4 Å². The van der Waals surface area contributed by atoms with Gasteiger partial charge in [-0.05, 0) is 50.7 Å². The molecule has 1 aromatic rings. The molecule has 12 nitrogen and oxygen atoms in total. The van der Waals surface area contributed by atoms with Crippen molar-refractivity contribution in [3.05, 3.63) is 34.9 Å². The van der Waals surface area contributed by atoms with Gasteiger partial charge in [0.05, 0.1) is 24.4 Å². The van der Waals surface area contributed by atoms with Crippen LogP contribution in [0.2, 0.25) is 0 Å². The molecule has 7 N–H and O–H groups in total. The number of aromatic hydroxyl groups is 2. The molecule has 12 heteroatoms. The minimum absolute atomic E-state index is 0.131. The summed E-state index contributed by atoms with van der Waals surface area (Å²) in [4.78, 5) is 24.5. The fourth-order valence-electron chi connectivity index (χ4n) is 5.34. The number of rotatable bonds is 15. The van der Waals surface area contributed by atoms with Crippen molar-refractivity contribution in [2.45, 2.75) is 109 Å². The molecule has 1 unspecified atom stereocenters. The topological polar surface area (TPSA) is 195 Å². The Labute approximate surface area is 246 Å². The van der Waals surface area contributed by atoms with E-state index in [9.17, 15) is 40.2 Å². The molecule has 0 radical (unpaired) electrons. The van der Waals surface area contributed by atoms with Crippen LogP contribution in [0.4, 0.5) is 0 Å². The van der Waals surface area contributed by atoms with Gasteiger partial charge in [-0.25, -0.2) is 4.79 Å². The fraction of sp³-hybridized carbons (Fsp3) is 0.667. The van der Waals surface area contributed by atoms with Crippen LogP contribution >= 0.6 is 0 Å². The van der Waals surface area contributed by atoms with Crippen LogP contribution in [0.5, 0.6) is 11.5 Å². The molecule has 1 aromatic carbocycles. The van der Waals surface area contributed by atoms with Crippen LogP contribution < -0.4 is 5.32 Å². The van der Waals surface area contributed by atoms with Crippen molar-refractivity contribution in [2.75, 3.05) is 14.2 Å². The number of aliphatic hydroxyl groups excluding tert-OH is 3. The number of nitrogens with one attached hydrogen (secondary N) is 1. The van der Waals surface area contributed by atoms with Gasteiger partial charge in [0.15, 0.2) is 12.3 Å². The van der Waals surface area contributed by atoms with Gasteiger partial charge in [-0.15, -0.1) is 6.58 Å². The van der Waals surface area contributed by atoms with Gasteiger partial charge in [-0.3, -0.25) is 4.79 Å². The van der Waals surface area contributed by atoms with E-state index in [0.717, 1.165) is 11.6 Å². The fourth-order valence-corrected chi connectivity index (χ4v) is 5.34. The van der Waals surface area contributed by atoms with Gasteiger partial charge < -0.3 is 50.2 Å². The molecule has 0 spiro atoms. The summed E-state index contributed by atoms with van der Waals surface area (Å²) in [6.07, 6.45) is -5.14. The second-order valence-corrected chi connectivity index (χ2v) is 11.8. The highest BCUT2D eigenvalue weighted by atomic mass is 16.6. The zero-order valence-electron chi connectivity index (χ0n) is 25.3. The molecule has 0 aromatic heterocycles. The number of benzene rings is 1. The van der Waals surface area contributed by atoms with Crippen molar-refractivity contribution >= 4 is 11.9 Å². The van der Waals surface area contributed by atoms with Gasteiger partial charge in [0.1, 0.15) is 23.2 Å². The summed E-state index contributed by atoms with van der Waals surface area (Å²) >= 11 is 0. The molecule has 238 valence electrons. The number of carbonyl (C=O) groups excluding carboxylic acids is 1. The molecule has 1 saturated heterocycles. The predicted molar refractivity (Wildman–Crippen MR) is 153 cm³/mol. The van der Waals surface area contributed by atoms with Gasteiger partial charge >= 0.3 is 5.97 Å². The van der Waals surface area contributed by atoms with E-state index in [4.69, 9.17) is 14.2 Å². The smallest absolute Gasteiger partial charge is 0.339 e. The number of hydrogen-bond acceptors (Lipinski definition) is 10. The number of methoxy groups -OCH3 is 2. The Bertz CT molecular complexity index is 1110. The Kier molecular flexibility index (Phi) is 12.8. The largest absolute Gasteiger partial charge is 0.508 e. The molecule has 7 atom stereocenters. The number of carboxylic acids is 1. The number of aromatic carboxylic acids is 1. The summed E-state index contributed by atoms with van der Waals surface area (Å²) in [5, 5.41) is 64.6. The summed E-state index contributed by atoms with van der Waals surface area (Å²) in [6.45, 7) is 10.7. The molecule has 1 amide bonds. The minimum Gasteiger partial charge on any atom is -0.508 e. The molecule has 0 aliphatic carbocycles. The maximum absolute atomic E-state index is 12.8. The van der Waals surface area contributed by atoms with Crippen LogP contribution in [-0.4, -0.2) is 99.6 Å². The van der Waals surface area contributed by atoms with Crippen LogP contribution in [0.25, 0.3) is 0 Å². The van der Waals surface area contributed by atoms with Crippen LogP contribution in [0.15, 0.2) is 18.2 Å². The van der Waals surface area contributed by atoms with E-state index in [1.54, 1.807) is 13.8 Å². The normalized spacial score (nSPS) is 23.0. The van der Waals surface area contributed by atoms with E-state index < -0.39 is 65.9 Å². The highest BCUT2D eigenvalue weighted by molar-refractivity contribution is 5.93. The third-order valence-electron chi connectivity index (χ3n) is 8.16. The van der Waals surface area contributed by atoms with Gasteiger partial charge in [0.25, 0.3) is 5.91 Å². The van der Waals surface area contributed by atoms with E-state index in [1.807, 2.05) is 13.8 Å². The van der Waals surface area contributed by atoms with Gasteiger partial charge in [-0.2, -0.15) is 0 Å². The molecular formula is C30H47NO11. The third kappa shape index (κ3) is 8.65. The van der Waals surface area contributed by atoms with Crippen molar-refractivity contribution in [1.82, 2.24) is 5.32 Å². The summed E-state index contributed by atoms with van der Waals surface area (Å²) in [6, 6.07) is 0.996. The molecule has 2 rings (SSSR count). The van der Waals surface area contributed by atoms with Gasteiger partial charge in [-0.1, -0.05) is 19.4 Å². The molecule has 1 fully saturated rings. The number of ether oxygens (including phenoxy) is 3. The lowest BCUT2D eigenvalue weighted by Crippen LogP contribution is -2.59. The van der Waals surface area contributed by atoms with Crippen LogP contribution in [0.3, 0.4) is 0 Å². The molecule has 1 aliphatic rings. The Hall–Kier alpha value is -2.74. The molecule has 1 heterocycles. The minimum atomic E-state index is -1.49. The SMILES string of the molecule is C=C(C)C[C@@H](OC)[C@H](O)C(=O)NC(OC)[C@@H]1C[C@@H](O)C(C)(C)[C@@H](C[C@H](O)CCCc2c(C)c(O)cc(O)c2C(=O)O)O1. The maximum Gasteiger partial charge on any atom is 0.339 e. The zero-order chi connectivity index (χ0) is 31.9. The zero-order valence-corrected chi connectivity index (χ0v) is 25.3. The number of carbonyl (C=O) groups is 2. The first-order chi connectivity index (χ1) is 19.5. The van der Waals surface area contributed by atoms with E-state index in [-0.39, 0.29) is 49.0 Å². The first kappa shape index (κ1) is 35.5. The van der Waals surface area contributed by atoms with Crippen molar-refractivity contribution < 1.29 is 54.4 Å². The van der Waals surface area contributed by atoms with E-state index >= 15 is 0 Å². The highest BCUT2D eigenvalue weighted by Gasteiger charge is 2.47. The molecular weight excluding hydrogens is 550 g/mol. The van der Waals surface area contributed by atoms with E-state index in [2.05, 4.69) is 11.9 Å². The number of aliphatic hydroxyl groups is 3. The first-order valence-electron chi connectivity index (χ1n) is 14.0. The Balaban J connectivity index is 2.08. The second-order valence-electron chi connectivity index (χ2n) is 11.8. The predicted octanol–water partition coefficient (Wildman–Crippen LogP) is 2.15. The summed E-state index contributed by atoms with van der Waals surface area (Å²) in [5.74, 6) is -2.79. The number of hydrogen-bond donors (Lipinski definition) is 7. The monoisotopic (exact) mass is 597 g/mol. The number of phenolic OH excluding ortho intramolecular Hbond substituents is 1. The van der Waals surface area contributed by atoms with E-state index in [0.29, 0.717) is 12.0 Å². The number of carboxylic acid groups (broad SMARTS) is 1. The van der Waals surface area contributed by atoms with Crippen molar-refractivity contribution in [2.24, 2.45) is 5.41 Å².